The third-order valence-electron chi connectivity index (χ3n) is 4.27. The molecule has 0 fully saturated rings. The van der Waals surface area contributed by atoms with E-state index >= 15 is 0 Å². The van der Waals surface area contributed by atoms with E-state index in [4.69, 9.17) is 0 Å². The van der Waals surface area contributed by atoms with Gasteiger partial charge in [0.25, 0.3) is 0 Å². The first-order valence-electron chi connectivity index (χ1n) is 8.48. The molecular weight excluding hydrogens is 232 g/mol. The van der Waals surface area contributed by atoms with Crippen LogP contribution in [0.5, 0.6) is 0 Å². The Morgan fingerprint density at radius 2 is 1.32 bits per heavy atom. The highest BCUT2D eigenvalue weighted by Gasteiger charge is 2.11. The molecule has 1 aliphatic carbocycles. The maximum atomic E-state index is 12.0. The summed E-state index contributed by atoms with van der Waals surface area (Å²) >= 11 is 0. The summed E-state index contributed by atoms with van der Waals surface area (Å²) in [6, 6.07) is 0. The highest BCUT2D eigenvalue weighted by Crippen LogP contribution is 2.16. The minimum absolute atomic E-state index is 0.301. The van der Waals surface area contributed by atoms with Crippen LogP contribution in [-0.4, -0.2) is 5.78 Å². The number of rotatable bonds is 0. The monoisotopic (exact) mass is 264 g/mol. The fourth-order valence-electron chi connectivity index (χ4n) is 2.80. The van der Waals surface area contributed by atoms with Gasteiger partial charge in [0, 0.05) is 12.3 Å². The Morgan fingerprint density at radius 1 is 0.789 bits per heavy atom. The molecule has 0 amide bonds. The highest BCUT2D eigenvalue weighted by atomic mass is 16.1. The second-order valence-electron chi connectivity index (χ2n) is 6.14. The van der Waals surface area contributed by atoms with Crippen molar-refractivity contribution in [3.05, 3.63) is 12.2 Å². The van der Waals surface area contributed by atoms with Crippen molar-refractivity contribution in [2.75, 3.05) is 0 Å². The molecule has 0 saturated carbocycles. The molecule has 1 heteroatoms. The summed E-state index contributed by atoms with van der Waals surface area (Å²) in [6.07, 6.45) is 20.6. The summed E-state index contributed by atoms with van der Waals surface area (Å²) < 4.78 is 0. The van der Waals surface area contributed by atoms with Crippen molar-refractivity contribution in [1.29, 1.82) is 0 Å². The fourth-order valence-corrected chi connectivity index (χ4v) is 2.80. The SMILES string of the molecule is CC1CCCCCC/C=C\CCCCCCCC1=O. The maximum Gasteiger partial charge on any atom is 0.135 e. The molecule has 0 heterocycles. The van der Waals surface area contributed by atoms with Crippen molar-refractivity contribution in [3.63, 3.8) is 0 Å². The predicted octanol–water partition coefficient (Wildman–Crippen LogP) is 5.83. The van der Waals surface area contributed by atoms with Crippen LogP contribution in [0, 0.1) is 5.92 Å². The van der Waals surface area contributed by atoms with Crippen molar-refractivity contribution in [2.45, 2.75) is 90.4 Å². The van der Waals surface area contributed by atoms with Crippen LogP contribution >= 0.6 is 0 Å². The smallest absolute Gasteiger partial charge is 0.135 e. The first-order chi connectivity index (χ1) is 9.30. The minimum Gasteiger partial charge on any atom is -0.299 e. The molecule has 1 atom stereocenters. The van der Waals surface area contributed by atoms with E-state index in [0.29, 0.717) is 11.7 Å². The van der Waals surface area contributed by atoms with Crippen LogP contribution in [0.1, 0.15) is 90.4 Å². The summed E-state index contributed by atoms with van der Waals surface area (Å²) in [7, 11) is 0. The summed E-state index contributed by atoms with van der Waals surface area (Å²) in [5.41, 5.74) is 0. The zero-order chi connectivity index (χ0) is 13.8. The summed E-state index contributed by atoms with van der Waals surface area (Å²) in [4.78, 5) is 12.0. The van der Waals surface area contributed by atoms with Gasteiger partial charge in [-0.1, -0.05) is 57.6 Å². The molecule has 0 aromatic carbocycles. The van der Waals surface area contributed by atoms with Gasteiger partial charge in [-0.15, -0.1) is 0 Å². The van der Waals surface area contributed by atoms with E-state index in [-0.39, 0.29) is 0 Å². The Balaban J connectivity index is 2.26. The van der Waals surface area contributed by atoms with Gasteiger partial charge in [-0.05, 0) is 38.5 Å². The molecule has 0 radical (unpaired) electrons. The van der Waals surface area contributed by atoms with E-state index < -0.39 is 0 Å². The Bertz CT molecular complexity index is 254. The Hall–Kier alpha value is -0.590. The van der Waals surface area contributed by atoms with E-state index in [1.54, 1.807) is 0 Å². The van der Waals surface area contributed by atoms with Crippen molar-refractivity contribution in [2.24, 2.45) is 5.92 Å². The molecule has 1 aliphatic rings. The van der Waals surface area contributed by atoms with E-state index in [1.165, 1.54) is 64.2 Å². The number of hydrogen-bond acceptors (Lipinski definition) is 1. The van der Waals surface area contributed by atoms with Gasteiger partial charge in [0.2, 0.25) is 0 Å². The molecule has 0 aromatic rings. The van der Waals surface area contributed by atoms with Crippen LogP contribution in [0.2, 0.25) is 0 Å². The number of allylic oxidation sites excluding steroid dienone is 2. The van der Waals surface area contributed by atoms with Crippen molar-refractivity contribution >= 4 is 5.78 Å². The zero-order valence-corrected chi connectivity index (χ0v) is 12.8. The number of hydrogen-bond donors (Lipinski definition) is 0. The lowest BCUT2D eigenvalue weighted by molar-refractivity contribution is -0.122. The van der Waals surface area contributed by atoms with E-state index in [0.717, 1.165) is 19.3 Å². The molecule has 110 valence electrons. The highest BCUT2D eigenvalue weighted by molar-refractivity contribution is 5.80. The van der Waals surface area contributed by atoms with Crippen molar-refractivity contribution < 1.29 is 4.79 Å². The largest absolute Gasteiger partial charge is 0.299 e. The topological polar surface area (TPSA) is 17.1 Å². The normalized spacial score (nSPS) is 27.6. The summed E-state index contributed by atoms with van der Waals surface area (Å²) in [5, 5.41) is 0. The fraction of sp³-hybridized carbons (Fsp3) is 0.833. The third-order valence-corrected chi connectivity index (χ3v) is 4.27. The van der Waals surface area contributed by atoms with Crippen LogP contribution in [0.4, 0.5) is 0 Å². The van der Waals surface area contributed by atoms with Gasteiger partial charge in [-0.3, -0.25) is 4.79 Å². The first-order valence-corrected chi connectivity index (χ1v) is 8.48. The standard InChI is InChI=1S/C18H32O/c1-17-15-13-11-9-7-5-3-2-4-6-8-10-12-14-16-18(17)19/h2-3,17H,4-16H2,1H3/b3-2-. The van der Waals surface area contributed by atoms with Crippen LogP contribution in [-0.2, 0) is 4.79 Å². The van der Waals surface area contributed by atoms with Gasteiger partial charge in [-0.25, -0.2) is 0 Å². The molecular formula is C18H32O. The van der Waals surface area contributed by atoms with E-state index in [2.05, 4.69) is 19.1 Å². The third kappa shape index (κ3) is 9.02. The average molecular weight is 264 g/mol. The quantitative estimate of drug-likeness (QED) is 0.503. The van der Waals surface area contributed by atoms with Crippen LogP contribution in [0.25, 0.3) is 0 Å². The van der Waals surface area contributed by atoms with Gasteiger partial charge >= 0.3 is 0 Å². The molecule has 0 spiro atoms. The Labute approximate surface area is 119 Å². The second kappa shape index (κ2) is 11.3. The number of Topliss-reactive ketones (excluding diaryl/α,β-unsaturated/α-hetero) is 1. The number of ketones is 1. The molecule has 0 aliphatic heterocycles. The van der Waals surface area contributed by atoms with Gasteiger partial charge in [0.05, 0.1) is 0 Å². The molecule has 0 saturated heterocycles. The van der Waals surface area contributed by atoms with Crippen LogP contribution in [0.15, 0.2) is 12.2 Å². The van der Waals surface area contributed by atoms with Crippen molar-refractivity contribution in [1.82, 2.24) is 0 Å². The lowest BCUT2D eigenvalue weighted by Crippen LogP contribution is -2.10. The molecule has 0 N–H and O–H groups in total. The lowest BCUT2D eigenvalue weighted by Gasteiger charge is -2.10. The number of carbonyl (C=O) groups excluding carboxylic acids is 1. The average Bonchev–Trinajstić information content (AvgIpc) is 2.41. The maximum absolute atomic E-state index is 12.0. The van der Waals surface area contributed by atoms with Gasteiger partial charge in [-0.2, -0.15) is 0 Å². The minimum atomic E-state index is 0.301. The molecule has 0 bridgehead atoms. The summed E-state index contributed by atoms with van der Waals surface area (Å²) in [5.74, 6) is 0.807. The predicted molar refractivity (Wildman–Crippen MR) is 83.3 cm³/mol. The van der Waals surface area contributed by atoms with Crippen LogP contribution in [0.3, 0.4) is 0 Å². The van der Waals surface area contributed by atoms with Crippen molar-refractivity contribution in [3.8, 4) is 0 Å². The number of carbonyl (C=O) groups is 1. The first kappa shape index (κ1) is 16.5. The van der Waals surface area contributed by atoms with E-state index in [1.807, 2.05) is 0 Å². The lowest BCUT2D eigenvalue weighted by atomic mass is 9.95. The second-order valence-corrected chi connectivity index (χ2v) is 6.14. The summed E-state index contributed by atoms with van der Waals surface area (Å²) in [6.45, 7) is 2.12. The van der Waals surface area contributed by atoms with Gasteiger partial charge in [0.1, 0.15) is 5.78 Å². The Kier molecular flexibility index (Phi) is 9.75. The molecule has 0 aromatic heterocycles. The Morgan fingerprint density at radius 3 is 2.00 bits per heavy atom. The van der Waals surface area contributed by atoms with Crippen LogP contribution < -0.4 is 0 Å². The molecule has 1 nitrogen and oxygen atoms in total. The van der Waals surface area contributed by atoms with Gasteiger partial charge in [0.15, 0.2) is 0 Å². The molecule has 19 heavy (non-hydrogen) atoms. The zero-order valence-electron chi connectivity index (χ0n) is 12.8. The van der Waals surface area contributed by atoms with E-state index in [9.17, 15) is 4.79 Å². The molecule has 1 unspecified atom stereocenters. The molecule has 1 rings (SSSR count). The van der Waals surface area contributed by atoms with Gasteiger partial charge < -0.3 is 0 Å².